The number of rotatable bonds is 5. The monoisotopic (exact) mass is 270 g/mol. The highest BCUT2D eigenvalue weighted by molar-refractivity contribution is 5.36. The maximum atomic E-state index is 10.7. The maximum absolute atomic E-state index is 10.7. The zero-order valence-corrected chi connectivity index (χ0v) is 12.3. The number of hydrogen-bond acceptors (Lipinski definition) is 2. The van der Waals surface area contributed by atoms with Crippen molar-refractivity contribution >= 4 is 0 Å². The van der Waals surface area contributed by atoms with Gasteiger partial charge in [0, 0.05) is 6.61 Å². The molecule has 0 amide bonds. The number of aryl methyl sites for hydroxylation is 1. The Morgan fingerprint density at radius 2 is 1.70 bits per heavy atom. The molecule has 0 saturated heterocycles. The molecule has 2 unspecified atom stereocenters. The molecule has 0 heterocycles. The summed E-state index contributed by atoms with van der Waals surface area (Å²) in [6, 6.07) is 15.9. The summed E-state index contributed by atoms with van der Waals surface area (Å²) in [6.07, 6.45) is -0.987. The van der Waals surface area contributed by atoms with Crippen molar-refractivity contribution < 1.29 is 9.84 Å². The summed E-state index contributed by atoms with van der Waals surface area (Å²) in [7, 11) is 0. The molecule has 2 atom stereocenters. The van der Waals surface area contributed by atoms with E-state index in [1.807, 2.05) is 56.3 Å². The van der Waals surface area contributed by atoms with E-state index >= 15 is 0 Å². The molecule has 0 saturated carbocycles. The molecule has 2 nitrogen and oxygen atoms in total. The first-order valence-electron chi connectivity index (χ1n) is 7.06. The predicted octanol–water partition coefficient (Wildman–Crippen LogP) is 4.11. The molecular weight excluding hydrogens is 248 g/mol. The molecule has 0 bridgehead atoms. The van der Waals surface area contributed by atoms with Crippen molar-refractivity contribution in [2.24, 2.45) is 0 Å². The Hall–Kier alpha value is -1.64. The fraction of sp³-hybridized carbons (Fsp3) is 0.333. The van der Waals surface area contributed by atoms with Gasteiger partial charge in [0.05, 0.1) is 0 Å². The van der Waals surface area contributed by atoms with Crippen molar-refractivity contribution in [3.05, 3.63) is 70.8 Å². The van der Waals surface area contributed by atoms with Crippen LogP contribution in [0, 0.1) is 13.8 Å². The third kappa shape index (κ3) is 3.09. The van der Waals surface area contributed by atoms with Gasteiger partial charge in [0.15, 0.2) is 0 Å². The van der Waals surface area contributed by atoms with E-state index in [1.54, 1.807) is 0 Å². The summed E-state index contributed by atoms with van der Waals surface area (Å²) in [5, 5.41) is 10.7. The number of ether oxygens (including phenoxy) is 1. The summed E-state index contributed by atoms with van der Waals surface area (Å²) in [5.41, 5.74) is 4.25. The Kier molecular flexibility index (Phi) is 4.94. The van der Waals surface area contributed by atoms with E-state index in [2.05, 4.69) is 13.0 Å². The van der Waals surface area contributed by atoms with Crippen LogP contribution in [0.2, 0.25) is 0 Å². The Labute approximate surface area is 121 Å². The third-order valence-corrected chi connectivity index (χ3v) is 3.73. The molecule has 1 N–H and O–H groups in total. The van der Waals surface area contributed by atoms with Crippen LogP contribution in [0.15, 0.2) is 48.5 Å². The van der Waals surface area contributed by atoms with E-state index < -0.39 is 6.10 Å². The summed E-state index contributed by atoms with van der Waals surface area (Å²) in [4.78, 5) is 0. The third-order valence-electron chi connectivity index (χ3n) is 3.73. The van der Waals surface area contributed by atoms with Gasteiger partial charge in [-0.25, -0.2) is 0 Å². The molecule has 20 heavy (non-hydrogen) atoms. The Morgan fingerprint density at radius 3 is 2.35 bits per heavy atom. The fourth-order valence-electron chi connectivity index (χ4n) is 2.45. The average molecular weight is 270 g/mol. The van der Waals surface area contributed by atoms with Crippen LogP contribution in [0.5, 0.6) is 0 Å². The highest BCUT2D eigenvalue weighted by atomic mass is 16.5. The number of hydrogen-bond donors (Lipinski definition) is 1. The molecule has 2 heteroatoms. The van der Waals surface area contributed by atoms with E-state index in [9.17, 15) is 5.11 Å². The molecule has 0 aliphatic heterocycles. The summed E-state index contributed by atoms with van der Waals surface area (Å²) >= 11 is 0. The largest absolute Gasteiger partial charge is 0.385 e. The molecule has 0 fully saturated rings. The van der Waals surface area contributed by atoms with Crippen molar-refractivity contribution in [1.29, 1.82) is 0 Å². The number of benzene rings is 2. The lowest BCUT2D eigenvalue weighted by Crippen LogP contribution is -2.16. The second-order valence-electron chi connectivity index (χ2n) is 5.02. The van der Waals surface area contributed by atoms with E-state index in [0.29, 0.717) is 6.61 Å². The minimum absolute atomic E-state index is 0.332. The van der Waals surface area contributed by atoms with Gasteiger partial charge in [-0.15, -0.1) is 0 Å². The molecule has 2 aromatic rings. The van der Waals surface area contributed by atoms with Crippen LogP contribution in [0.3, 0.4) is 0 Å². The van der Waals surface area contributed by atoms with Gasteiger partial charge in [0.2, 0.25) is 0 Å². The highest BCUT2D eigenvalue weighted by Crippen LogP contribution is 2.34. The average Bonchev–Trinajstić information content (AvgIpc) is 2.48. The lowest BCUT2D eigenvalue weighted by atomic mass is 9.93. The second kappa shape index (κ2) is 6.69. The van der Waals surface area contributed by atoms with Crippen molar-refractivity contribution in [1.82, 2.24) is 0 Å². The van der Waals surface area contributed by atoms with E-state index in [1.165, 1.54) is 5.56 Å². The van der Waals surface area contributed by atoms with Gasteiger partial charge in [-0.1, -0.05) is 48.5 Å². The molecule has 2 rings (SSSR count). The highest BCUT2D eigenvalue weighted by Gasteiger charge is 2.24. The smallest absolute Gasteiger partial charge is 0.113 e. The van der Waals surface area contributed by atoms with Gasteiger partial charge in [-0.05, 0) is 43.0 Å². The molecule has 2 aromatic carbocycles. The van der Waals surface area contributed by atoms with Crippen molar-refractivity contribution in [3.8, 4) is 0 Å². The lowest BCUT2D eigenvalue weighted by molar-refractivity contribution is -0.0364. The van der Waals surface area contributed by atoms with Crippen LogP contribution in [-0.4, -0.2) is 11.7 Å². The second-order valence-corrected chi connectivity index (χ2v) is 5.02. The van der Waals surface area contributed by atoms with Crippen molar-refractivity contribution in [2.75, 3.05) is 6.61 Å². The summed E-state index contributed by atoms with van der Waals surface area (Å²) < 4.78 is 5.79. The van der Waals surface area contributed by atoms with Gasteiger partial charge < -0.3 is 9.84 Å². The predicted molar refractivity (Wildman–Crippen MR) is 81.7 cm³/mol. The van der Waals surface area contributed by atoms with E-state index in [4.69, 9.17) is 4.74 Å². The lowest BCUT2D eigenvalue weighted by Gasteiger charge is -2.25. The number of aliphatic hydroxyl groups excluding tert-OH is 1. The molecule has 106 valence electrons. The van der Waals surface area contributed by atoms with Gasteiger partial charge in [0.1, 0.15) is 12.2 Å². The molecule has 0 spiro atoms. The standard InChI is InChI=1S/C18H22O2/c1-4-20-18(15-10-6-5-7-11-15)17(19)16-12-8-9-13(2)14(16)3/h5-12,17-19H,4H2,1-3H3. The first-order valence-corrected chi connectivity index (χ1v) is 7.06. The zero-order valence-electron chi connectivity index (χ0n) is 12.3. The SMILES string of the molecule is CCOC(c1ccccc1)C(O)c1cccc(C)c1C. The Bertz CT molecular complexity index is 549. The molecule has 0 aliphatic carbocycles. The number of aliphatic hydroxyl groups is 1. The molecule has 0 radical (unpaired) electrons. The first kappa shape index (κ1) is 14.8. The first-order chi connectivity index (χ1) is 9.65. The van der Waals surface area contributed by atoms with Crippen LogP contribution < -0.4 is 0 Å². The molecule has 0 aliphatic rings. The normalized spacial score (nSPS) is 14.0. The van der Waals surface area contributed by atoms with Crippen LogP contribution in [0.25, 0.3) is 0 Å². The topological polar surface area (TPSA) is 29.5 Å². The maximum Gasteiger partial charge on any atom is 0.113 e. The van der Waals surface area contributed by atoms with Gasteiger partial charge in [-0.3, -0.25) is 0 Å². The van der Waals surface area contributed by atoms with Crippen LogP contribution in [-0.2, 0) is 4.74 Å². The zero-order chi connectivity index (χ0) is 14.5. The quantitative estimate of drug-likeness (QED) is 0.885. The van der Waals surface area contributed by atoms with Crippen molar-refractivity contribution in [3.63, 3.8) is 0 Å². The molecule has 0 aromatic heterocycles. The van der Waals surface area contributed by atoms with Crippen molar-refractivity contribution in [2.45, 2.75) is 33.0 Å². The Balaban J connectivity index is 2.36. The Morgan fingerprint density at radius 1 is 1.00 bits per heavy atom. The van der Waals surface area contributed by atoms with Gasteiger partial charge >= 0.3 is 0 Å². The van der Waals surface area contributed by atoms with Gasteiger partial charge in [0.25, 0.3) is 0 Å². The minimum Gasteiger partial charge on any atom is -0.385 e. The summed E-state index contributed by atoms with van der Waals surface area (Å²) in [6.45, 7) is 6.62. The van der Waals surface area contributed by atoms with E-state index in [0.717, 1.165) is 16.7 Å². The van der Waals surface area contributed by atoms with Crippen LogP contribution in [0.1, 0.15) is 41.4 Å². The van der Waals surface area contributed by atoms with Crippen LogP contribution in [0.4, 0.5) is 0 Å². The minimum atomic E-state index is -0.655. The van der Waals surface area contributed by atoms with E-state index in [-0.39, 0.29) is 6.10 Å². The van der Waals surface area contributed by atoms with Gasteiger partial charge in [-0.2, -0.15) is 0 Å². The fourth-order valence-corrected chi connectivity index (χ4v) is 2.45. The summed E-state index contributed by atoms with van der Waals surface area (Å²) in [5.74, 6) is 0. The van der Waals surface area contributed by atoms with Crippen LogP contribution >= 0.6 is 0 Å². The molecular formula is C18H22O2.